The van der Waals surface area contributed by atoms with Crippen molar-refractivity contribution >= 4 is 11.8 Å². The topological polar surface area (TPSA) is 107 Å². The summed E-state index contributed by atoms with van der Waals surface area (Å²) in [6.45, 7) is 2.40. The van der Waals surface area contributed by atoms with Crippen LogP contribution >= 0.6 is 0 Å². The minimum absolute atomic E-state index is 0.0295. The van der Waals surface area contributed by atoms with Crippen LogP contribution in [0, 0.1) is 0 Å². The van der Waals surface area contributed by atoms with E-state index in [-0.39, 0.29) is 25.2 Å². The third-order valence-corrected chi connectivity index (χ3v) is 1.64. The average Bonchev–Trinajstić information content (AvgIpc) is 2.13. The van der Waals surface area contributed by atoms with Crippen molar-refractivity contribution in [2.45, 2.75) is 25.8 Å². The first-order chi connectivity index (χ1) is 7.02. The van der Waals surface area contributed by atoms with Gasteiger partial charge in [0.25, 0.3) is 0 Å². The molecule has 0 radical (unpaired) electrons. The molecule has 0 aromatic rings. The van der Waals surface area contributed by atoms with Crippen molar-refractivity contribution in [1.82, 2.24) is 5.32 Å². The van der Waals surface area contributed by atoms with Gasteiger partial charge in [-0.15, -0.1) is 0 Å². The number of primary amides is 1. The highest BCUT2D eigenvalue weighted by Crippen LogP contribution is 1.92. The van der Waals surface area contributed by atoms with E-state index in [0.29, 0.717) is 19.4 Å². The van der Waals surface area contributed by atoms with E-state index in [1.54, 1.807) is 0 Å². The van der Waals surface area contributed by atoms with Crippen LogP contribution < -0.4 is 16.8 Å². The maximum Gasteiger partial charge on any atom is 0.243 e. The molecule has 15 heavy (non-hydrogen) atoms. The van der Waals surface area contributed by atoms with Crippen LogP contribution in [0.25, 0.3) is 0 Å². The summed E-state index contributed by atoms with van der Waals surface area (Å²) in [5, 5.41) is 2.64. The highest BCUT2D eigenvalue weighted by Gasteiger charge is 2.02. The van der Waals surface area contributed by atoms with E-state index < -0.39 is 5.91 Å². The van der Waals surface area contributed by atoms with Crippen molar-refractivity contribution in [3.05, 3.63) is 0 Å². The van der Waals surface area contributed by atoms with Gasteiger partial charge in [0.2, 0.25) is 11.8 Å². The van der Waals surface area contributed by atoms with Gasteiger partial charge < -0.3 is 21.5 Å². The number of hydrogen-bond acceptors (Lipinski definition) is 4. The van der Waals surface area contributed by atoms with E-state index >= 15 is 0 Å². The first-order valence-corrected chi connectivity index (χ1v) is 4.90. The largest absolute Gasteiger partial charge is 0.370 e. The van der Waals surface area contributed by atoms with Gasteiger partial charge in [0.1, 0.15) is 6.61 Å². The molecular formula is C9H19N3O3. The van der Waals surface area contributed by atoms with E-state index in [1.165, 1.54) is 0 Å². The lowest BCUT2D eigenvalue weighted by atomic mass is 10.2. The monoisotopic (exact) mass is 217 g/mol. The van der Waals surface area contributed by atoms with Crippen molar-refractivity contribution in [1.29, 1.82) is 0 Å². The Bertz CT molecular complexity index is 207. The summed E-state index contributed by atoms with van der Waals surface area (Å²) in [7, 11) is 0. The molecule has 0 aliphatic heterocycles. The van der Waals surface area contributed by atoms with Crippen LogP contribution in [0.15, 0.2) is 0 Å². The van der Waals surface area contributed by atoms with E-state index in [1.807, 2.05) is 6.92 Å². The lowest BCUT2D eigenvalue weighted by molar-refractivity contribution is -0.122. The predicted molar refractivity (Wildman–Crippen MR) is 55.9 cm³/mol. The number of ether oxygens (including phenoxy) is 1. The summed E-state index contributed by atoms with van der Waals surface area (Å²) in [4.78, 5) is 21.4. The molecular weight excluding hydrogens is 198 g/mol. The van der Waals surface area contributed by atoms with Gasteiger partial charge in [-0.3, -0.25) is 9.59 Å². The van der Waals surface area contributed by atoms with E-state index in [0.717, 1.165) is 0 Å². The predicted octanol–water partition coefficient (Wildman–Crippen LogP) is -1.27. The van der Waals surface area contributed by atoms with Crippen molar-refractivity contribution in [3.63, 3.8) is 0 Å². The van der Waals surface area contributed by atoms with E-state index in [4.69, 9.17) is 16.2 Å². The highest BCUT2D eigenvalue weighted by atomic mass is 16.5. The number of nitrogens with two attached hydrogens (primary N) is 2. The number of nitrogens with one attached hydrogen (secondary N) is 1. The van der Waals surface area contributed by atoms with Crippen LogP contribution in [0.2, 0.25) is 0 Å². The van der Waals surface area contributed by atoms with Gasteiger partial charge in [-0.2, -0.15) is 0 Å². The Kier molecular flexibility index (Phi) is 7.57. The second-order valence-electron chi connectivity index (χ2n) is 3.38. The molecule has 0 aliphatic carbocycles. The average molecular weight is 217 g/mol. The zero-order valence-corrected chi connectivity index (χ0v) is 8.99. The molecule has 0 bridgehead atoms. The number of amides is 2. The van der Waals surface area contributed by atoms with Crippen molar-refractivity contribution in [2.75, 3.05) is 19.8 Å². The van der Waals surface area contributed by atoms with Gasteiger partial charge >= 0.3 is 0 Å². The van der Waals surface area contributed by atoms with Crippen LogP contribution in [0.5, 0.6) is 0 Å². The summed E-state index contributed by atoms with van der Waals surface area (Å²) in [5.74, 6) is -0.576. The molecule has 0 saturated carbocycles. The Labute approximate surface area is 89.3 Å². The van der Waals surface area contributed by atoms with Crippen molar-refractivity contribution < 1.29 is 14.3 Å². The number of hydrogen-bond donors (Lipinski definition) is 3. The van der Waals surface area contributed by atoms with Crippen LogP contribution in [0.3, 0.4) is 0 Å². The Balaban J connectivity index is 3.28. The third-order valence-electron chi connectivity index (χ3n) is 1.64. The minimum atomic E-state index is -0.515. The number of carbonyl (C=O) groups excluding carboxylic acids is 2. The molecule has 88 valence electrons. The highest BCUT2D eigenvalue weighted by molar-refractivity contribution is 5.76. The molecule has 2 amide bonds. The zero-order chi connectivity index (χ0) is 11.7. The summed E-state index contributed by atoms with van der Waals surface area (Å²) < 4.78 is 4.86. The molecule has 0 aromatic carbocycles. The van der Waals surface area contributed by atoms with Gasteiger partial charge in [-0.1, -0.05) is 0 Å². The Morgan fingerprint density at radius 3 is 2.67 bits per heavy atom. The molecule has 0 saturated heterocycles. The lowest BCUT2D eigenvalue weighted by Gasteiger charge is -2.06. The third kappa shape index (κ3) is 10.8. The Morgan fingerprint density at radius 2 is 2.13 bits per heavy atom. The molecule has 0 rings (SSSR count). The molecule has 0 spiro atoms. The smallest absolute Gasteiger partial charge is 0.243 e. The molecule has 1 atom stereocenters. The van der Waals surface area contributed by atoms with E-state index in [2.05, 4.69) is 5.32 Å². The summed E-state index contributed by atoms with van der Waals surface area (Å²) in [6, 6.07) is 0.0295. The first-order valence-electron chi connectivity index (χ1n) is 4.90. The number of rotatable bonds is 8. The Hall–Kier alpha value is -1.14. The van der Waals surface area contributed by atoms with Crippen LogP contribution in [-0.4, -0.2) is 37.6 Å². The minimum Gasteiger partial charge on any atom is -0.370 e. The summed E-state index contributed by atoms with van der Waals surface area (Å²) >= 11 is 0. The van der Waals surface area contributed by atoms with Gasteiger partial charge in [-0.25, -0.2) is 0 Å². The van der Waals surface area contributed by atoms with Crippen molar-refractivity contribution in [2.24, 2.45) is 11.5 Å². The van der Waals surface area contributed by atoms with Gasteiger partial charge in [-0.05, 0) is 13.3 Å². The van der Waals surface area contributed by atoms with Crippen molar-refractivity contribution in [3.8, 4) is 0 Å². The molecule has 0 heterocycles. The van der Waals surface area contributed by atoms with Crippen LogP contribution in [0.4, 0.5) is 0 Å². The van der Waals surface area contributed by atoms with Gasteiger partial charge in [0.05, 0.1) is 6.61 Å². The first kappa shape index (κ1) is 13.9. The molecule has 0 aliphatic rings. The van der Waals surface area contributed by atoms with Crippen LogP contribution in [-0.2, 0) is 14.3 Å². The number of carbonyl (C=O) groups is 2. The van der Waals surface area contributed by atoms with Crippen LogP contribution in [0.1, 0.15) is 19.8 Å². The molecule has 1 unspecified atom stereocenters. The summed E-state index contributed by atoms with van der Waals surface area (Å²) in [5.41, 5.74) is 10.3. The molecule has 6 nitrogen and oxygen atoms in total. The quantitative estimate of drug-likeness (QED) is 0.441. The van der Waals surface area contributed by atoms with E-state index in [9.17, 15) is 9.59 Å². The van der Waals surface area contributed by atoms with Gasteiger partial charge in [0, 0.05) is 19.0 Å². The SMILES string of the molecule is CC(N)CCC(=O)NCCOCC(N)=O. The fourth-order valence-corrected chi connectivity index (χ4v) is 0.883. The second-order valence-corrected chi connectivity index (χ2v) is 3.38. The van der Waals surface area contributed by atoms with Gasteiger partial charge in [0.15, 0.2) is 0 Å². The fourth-order valence-electron chi connectivity index (χ4n) is 0.883. The maximum atomic E-state index is 11.1. The summed E-state index contributed by atoms with van der Waals surface area (Å²) in [6.07, 6.45) is 1.07. The molecule has 0 aromatic heterocycles. The normalized spacial score (nSPS) is 12.1. The zero-order valence-electron chi connectivity index (χ0n) is 8.99. The Morgan fingerprint density at radius 1 is 1.47 bits per heavy atom. The molecule has 6 heteroatoms. The second kappa shape index (κ2) is 8.19. The molecule has 0 fully saturated rings. The standard InChI is InChI=1S/C9H19N3O3/c1-7(10)2-3-9(14)12-4-5-15-6-8(11)13/h7H,2-6,10H2,1H3,(H2,11,13)(H,12,14). The maximum absolute atomic E-state index is 11.1. The fraction of sp³-hybridized carbons (Fsp3) is 0.778. The lowest BCUT2D eigenvalue weighted by Crippen LogP contribution is -2.29. The molecule has 5 N–H and O–H groups in total.